The van der Waals surface area contributed by atoms with Crippen LogP contribution < -0.4 is 11.1 Å². The SMILES string of the molecule is CCC(NC(=O)C[C@@H](C)C1CC[C@H]2C3[C@H](O)CC4=CC(=O)CCC4(C)[C@@]3(N)CCC12C)c1ccc(C)s1. The van der Waals surface area contributed by atoms with Crippen LogP contribution in [0.25, 0.3) is 0 Å². The predicted molar refractivity (Wildman–Crippen MR) is 149 cm³/mol. The number of hydrogen-bond acceptors (Lipinski definition) is 5. The molecular formula is C31H46N2O3S. The maximum Gasteiger partial charge on any atom is 0.220 e. The smallest absolute Gasteiger partial charge is 0.220 e. The van der Waals surface area contributed by atoms with Gasteiger partial charge in [0.05, 0.1) is 12.1 Å². The first-order chi connectivity index (χ1) is 17.4. The molecule has 4 aliphatic carbocycles. The zero-order chi connectivity index (χ0) is 26.8. The standard InChI is InChI=1S/C31H46N2O3S/c1-6-24(26-10-7-19(3)37-26)33-27(36)15-18(2)22-8-9-23-28-25(35)17-20-16-21(34)11-12-30(20,5)31(28,32)14-13-29(22,23)4/h7,10,16,18,22-25,28,35H,6,8-9,11-15,17,32H2,1-5H3,(H,33,36)/t18-,22?,23+,24?,25-,28?,29?,30?,31-/m1/s1. The van der Waals surface area contributed by atoms with Crippen LogP contribution in [-0.2, 0) is 9.59 Å². The number of aliphatic hydroxyl groups excluding tert-OH is 1. The van der Waals surface area contributed by atoms with Gasteiger partial charge in [-0.1, -0.05) is 33.3 Å². The van der Waals surface area contributed by atoms with Crippen LogP contribution in [0.15, 0.2) is 23.8 Å². The fraction of sp³-hybridized carbons (Fsp3) is 0.742. The maximum absolute atomic E-state index is 13.2. The molecule has 4 aliphatic rings. The summed E-state index contributed by atoms with van der Waals surface area (Å²) in [6.07, 6.45) is 8.70. The van der Waals surface area contributed by atoms with Crippen LogP contribution in [0.5, 0.6) is 0 Å². The second kappa shape index (κ2) is 9.60. The van der Waals surface area contributed by atoms with Gasteiger partial charge in [0.1, 0.15) is 0 Å². The third-order valence-corrected chi connectivity index (χ3v) is 12.5. The monoisotopic (exact) mass is 526 g/mol. The number of ketones is 1. The van der Waals surface area contributed by atoms with Gasteiger partial charge in [-0.05, 0) is 93.2 Å². The molecule has 1 aromatic heterocycles. The molecule has 9 atom stereocenters. The number of thiophene rings is 1. The van der Waals surface area contributed by atoms with E-state index in [-0.39, 0.29) is 40.4 Å². The average molecular weight is 527 g/mol. The summed E-state index contributed by atoms with van der Waals surface area (Å²) < 4.78 is 0. The molecule has 3 fully saturated rings. The zero-order valence-electron chi connectivity index (χ0n) is 23.3. The number of aryl methyl sites for hydroxylation is 1. The van der Waals surface area contributed by atoms with Gasteiger partial charge in [0.25, 0.3) is 0 Å². The topological polar surface area (TPSA) is 92.4 Å². The van der Waals surface area contributed by atoms with Crippen molar-refractivity contribution < 1.29 is 14.7 Å². The molecule has 0 saturated heterocycles. The van der Waals surface area contributed by atoms with Crippen molar-refractivity contribution >= 4 is 23.0 Å². The van der Waals surface area contributed by atoms with Crippen molar-refractivity contribution in [2.75, 3.05) is 0 Å². The highest BCUT2D eigenvalue weighted by atomic mass is 32.1. The van der Waals surface area contributed by atoms with E-state index in [1.807, 2.05) is 0 Å². The Morgan fingerprint density at radius 2 is 2.00 bits per heavy atom. The number of nitrogens with two attached hydrogens (primary N) is 1. The van der Waals surface area contributed by atoms with Crippen LogP contribution in [0.4, 0.5) is 0 Å². The highest BCUT2D eigenvalue weighted by Gasteiger charge is 2.67. The van der Waals surface area contributed by atoms with Gasteiger partial charge in [0.2, 0.25) is 5.91 Å². The molecular weight excluding hydrogens is 480 g/mol. The largest absolute Gasteiger partial charge is 0.392 e. The van der Waals surface area contributed by atoms with E-state index in [0.717, 1.165) is 44.1 Å². The number of carbonyl (C=O) groups excluding carboxylic acids is 2. The first-order valence-electron chi connectivity index (χ1n) is 14.5. The lowest BCUT2D eigenvalue weighted by Crippen LogP contribution is -2.71. The van der Waals surface area contributed by atoms with Crippen LogP contribution in [0.1, 0.15) is 101 Å². The van der Waals surface area contributed by atoms with Crippen molar-refractivity contribution in [3.05, 3.63) is 33.5 Å². The molecule has 37 heavy (non-hydrogen) atoms. The van der Waals surface area contributed by atoms with Crippen LogP contribution in [0.2, 0.25) is 0 Å². The second-order valence-electron chi connectivity index (χ2n) is 13.3. The minimum absolute atomic E-state index is 0.0409. The molecule has 5 unspecified atom stereocenters. The van der Waals surface area contributed by atoms with Crippen LogP contribution in [0.3, 0.4) is 0 Å². The summed E-state index contributed by atoms with van der Waals surface area (Å²) >= 11 is 1.77. The minimum Gasteiger partial charge on any atom is -0.392 e. The van der Waals surface area contributed by atoms with Gasteiger partial charge in [-0.3, -0.25) is 9.59 Å². The lowest BCUT2D eigenvalue weighted by Gasteiger charge is -2.65. The quantitative estimate of drug-likeness (QED) is 0.433. The van der Waals surface area contributed by atoms with Gasteiger partial charge in [-0.25, -0.2) is 0 Å². The molecule has 5 rings (SSSR count). The molecule has 0 aliphatic heterocycles. The van der Waals surface area contributed by atoms with Crippen molar-refractivity contribution in [1.29, 1.82) is 0 Å². The molecule has 0 radical (unpaired) electrons. The predicted octanol–water partition coefficient (Wildman–Crippen LogP) is 5.85. The van der Waals surface area contributed by atoms with E-state index in [4.69, 9.17) is 5.73 Å². The van der Waals surface area contributed by atoms with Crippen molar-refractivity contribution in [3.8, 4) is 0 Å². The lowest BCUT2D eigenvalue weighted by atomic mass is 9.42. The Morgan fingerprint density at radius 1 is 1.24 bits per heavy atom. The Kier molecular flexibility index (Phi) is 7.03. The second-order valence-corrected chi connectivity index (χ2v) is 14.6. The van der Waals surface area contributed by atoms with Crippen LogP contribution in [0, 0.1) is 41.4 Å². The Bertz CT molecular complexity index is 1100. The molecule has 1 amide bonds. The molecule has 6 heteroatoms. The summed E-state index contributed by atoms with van der Waals surface area (Å²) in [5.41, 5.74) is 7.81. The zero-order valence-corrected chi connectivity index (χ0v) is 24.1. The third-order valence-electron chi connectivity index (χ3n) is 11.4. The number of fused-ring (bicyclic) bond motifs is 5. The van der Waals surface area contributed by atoms with Gasteiger partial charge in [-0.15, -0.1) is 11.3 Å². The number of carbonyl (C=O) groups is 2. The Labute approximate surface area is 226 Å². The third kappa shape index (κ3) is 4.26. The molecule has 4 N–H and O–H groups in total. The molecule has 1 heterocycles. The summed E-state index contributed by atoms with van der Waals surface area (Å²) in [4.78, 5) is 27.9. The number of rotatable bonds is 6. The van der Waals surface area contributed by atoms with Gasteiger partial charge in [0, 0.05) is 39.5 Å². The van der Waals surface area contributed by atoms with Crippen molar-refractivity contribution in [2.24, 2.45) is 40.2 Å². The molecule has 1 aromatic rings. The molecule has 5 nitrogen and oxygen atoms in total. The molecule has 204 valence electrons. The van der Waals surface area contributed by atoms with Crippen molar-refractivity contribution in [3.63, 3.8) is 0 Å². The number of nitrogens with one attached hydrogen (secondary N) is 1. The Balaban J connectivity index is 1.32. The summed E-state index contributed by atoms with van der Waals surface area (Å²) in [5, 5.41) is 14.8. The first kappa shape index (κ1) is 27.1. The van der Waals surface area contributed by atoms with E-state index in [0.29, 0.717) is 31.1 Å². The normalized spacial score (nSPS) is 40.7. The van der Waals surface area contributed by atoms with Crippen molar-refractivity contribution in [1.82, 2.24) is 5.32 Å². The van der Waals surface area contributed by atoms with E-state index in [1.54, 1.807) is 17.4 Å². The van der Waals surface area contributed by atoms with Crippen LogP contribution in [-0.4, -0.2) is 28.4 Å². The van der Waals surface area contributed by atoms with E-state index in [9.17, 15) is 14.7 Å². The van der Waals surface area contributed by atoms with Crippen molar-refractivity contribution in [2.45, 2.75) is 110 Å². The highest BCUT2D eigenvalue weighted by Crippen LogP contribution is 2.68. The summed E-state index contributed by atoms with van der Waals surface area (Å²) in [6.45, 7) is 11.2. The van der Waals surface area contributed by atoms with E-state index >= 15 is 0 Å². The summed E-state index contributed by atoms with van der Waals surface area (Å²) in [7, 11) is 0. The lowest BCUT2D eigenvalue weighted by molar-refractivity contribution is -0.135. The summed E-state index contributed by atoms with van der Waals surface area (Å²) in [5.74, 6) is 1.44. The molecule has 0 aromatic carbocycles. The van der Waals surface area contributed by atoms with Gasteiger partial charge >= 0.3 is 0 Å². The van der Waals surface area contributed by atoms with E-state index in [1.165, 1.54) is 9.75 Å². The minimum atomic E-state index is -0.503. The summed E-state index contributed by atoms with van der Waals surface area (Å²) in [6, 6.07) is 4.35. The number of aliphatic hydroxyl groups is 1. The Hall–Kier alpha value is -1.50. The van der Waals surface area contributed by atoms with Crippen LogP contribution >= 0.6 is 11.3 Å². The molecule has 0 spiro atoms. The van der Waals surface area contributed by atoms with E-state index in [2.05, 4.69) is 52.1 Å². The Morgan fingerprint density at radius 3 is 2.68 bits per heavy atom. The van der Waals surface area contributed by atoms with Gasteiger partial charge in [-0.2, -0.15) is 0 Å². The first-order valence-corrected chi connectivity index (χ1v) is 15.3. The van der Waals surface area contributed by atoms with Gasteiger partial charge in [0.15, 0.2) is 5.78 Å². The maximum atomic E-state index is 13.2. The van der Waals surface area contributed by atoms with Gasteiger partial charge < -0.3 is 16.2 Å². The highest BCUT2D eigenvalue weighted by molar-refractivity contribution is 7.12. The number of hydrogen-bond donors (Lipinski definition) is 3. The number of amides is 1. The molecule has 0 bridgehead atoms. The van der Waals surface area contributed by atoms with E-state index < -0.39 is 11.6 Å². The fourth-order valence-electron chi connectivity index (χ4n) is 9.28. The molecule has 3 saturated carbocycles. The average Bonchev–Trinajstić information content (AvgIpc) is 3.42. The fourth-order valence-corrected chi connectivity index (χ4v) is 10.3.